The molecule has 0 aromatic carbocycles. The second-order valence-electron chi connectivity index (χ2n) is 4.31. The van der Waals surface area contributed by atoms with Crippen LogP contribution in [0.1, 0.15) is 19.3 Å². The van der Waals surface area contributed by atoms with Crippen molar-refractivity contribution in [2.24, 2.45) is 11.7 Å². The Balaban J connectivity index is 2.48. The van der Waals surface area contributed by atoms with Crippen LogP contribution in [-0.2, 0) is 14.3 Å². The molecule has 6 heteroatoms. The van der Waals surface area contributed by atoms with E-state index in [-0.39, 0.29) is 18.4 Å². The van der Waals surface area contributed by atoms with Crippen LogP contribution in [0.25, 0.3) is 0 Å². The van der Waals surface area contributed by atoms with Gasteiger partial charge >= 0.3 is 5.97 Å². The molecule has 98 valence electrons. The third-order valence-corrected chi connectivity index (χ3v) is 3.12. The zero-order chi connectivity index (χ0) is 12.8. The predicted molar refractivity (Wildman–Crippen MR) is 61.4 cm³/mol. The van der Waals surface area contributed by atoms with Crippen molar-refractivity contribution in [1.29, 1.82) is 0 Å². The maximum Gasteiger partial charge on any atom is 0.308 e. The van der Waals surface area contributed by atoms with Crippen LogP contribution in [0.5, 0.6) is 0 Å². The Hall–Kier alpha value is -1.14. The summed E-state index contributed by atoms with van der Waals surface area (Å²) in [5, 5.41) is 8.93. The molecule has 0 radical (unpaired) electrons. The molecular weight excluding hydrogens is 224 g/mol. The third-order valence-electron chi connectivity index (χ3n) is 3.12. The van der Waals surface area contributed by atoms with Crippen LogP contribution in [0.2, 0.25) is 0 Å². The number of carbonyl (C=O) groups excluding carboxylic acids is 1. The van der Waals surface area contributed by atoms with Gasteiger partial charge in [0.1, 0.15) is 0 Å². The second kappa shape index (κ2) is 6.56. The lowest BCUT2D eigenvalue weighted by Gasteiger charge is -2.31. The van der Waals surface area contributed by atoms with E-state index < -0.39 is 11.9 Å². The van der Waals surface area contributed by atoms with E-state index in [2.05, 4.69) is 0 Å². The summed E-state index contributed by atoms with van der Waals surface area (Å²) in [4.78, 5) is 24.4. The van der Waals surface area contributed by atoms with E-state index in [4.69, 9.17) is 15.6 Å². The number of piperidine rings is 1. The molecule has 0 aromatic rings. The number of nitrogens with two attached hydrogens (primary N) is 1. The molecule has 0 bridgehead atoms. The summed E-state index contributed by atoms with van der Waals surface area (Å²) < 4.78 is 5.05. The first-order valence-electron chi connectivity index (χ1n) is 5.82. The highest BCUT2D eigenvalue weighted by molar-refractivity contribution is 5.78. The average molecular weight is 244 g/mol. The van der Waals surface area contributed by atoms with Gasteiger partial charge in [0.2, 0.25) is 5.91 Å². The van der Waals surface area contributed by atoms with Gasteiger partial charge in [0.15, 0.2) is 0 Å². The fourth-order valence-electron chi connectivity index (χ4n) is 1.99. The van der Waals surface area contributed by atoms with Gasteiger partial charge in [-0.15, -0.1) is 0 Å². The topological polar surface area (TPSA) is 92.9 Å². The molecule has 1 amide bonds. The molecule has 1 aliphatic heterocycles. The molecule has 17 heavy (non-hydrogen) atoms. The lowest BCUT2D eigenvalue weighted by atomic mass is 9.98. The van der Waals surface area contributed by atoms with Crippen LogP contribution in [-0.4, -0.2) is 54.7 Å². The zero-order valence-corrected chi connectivity index (χ0v) is 10.1. The van der Waals surface area contributed by atoms with Gasteiger partial charge in [-0.3, -0.25) is 9.59 Å². The van der Waals surface area contributed by atoms with Crippen LogP contribution in [0.15, 0.2) is 0 Å². The smallest absolute Gasteiger partial charge is 0.308 e. The molecular formula is C11H20N2O4. The molecule has 1 unspecified atom stereocenters. The maximum atomic E-state index is 11.9. The lowest BCUT2D eigenvalue weighted by molar-refractivity contribution is -0.146. The first-order chi connectivity index (χ1) is 8.08. The number of nitrogens with zero attached hydrogens (tertiary/aromatic N) is 1. The number of ether oxygens (including phenoxy) is 1. The molecule has 6 nitrogen and oxygen atoms in total. The Morgan fingerprint density at radius 1 is 1.59 bits per heavy atom. The third kappa shape index (κ3) is 3.98. The highest BCUT2D eigenvalue weighted by Crippen LogP contribution is 2.17. The molecule has 0 aromatic heterocycles. The Morgan fingerprint density at radius 3 is 2.82 bits per heavy atom. The zero-order valence-electron chi connectivity index (χ0n) is 10.1. The Bertz CT molecular complexity index is 279. The van der Waals surface area contributed by atoms with Crippen LogP contribution in [0, 0.1) is 5.92 Å². The molecule has 1 fully saturated rings. The predicted octanol–water partition coefficient (Wildman–Crippen LogP) is -0.327. The number of carbonyl (C=O) groups is 2. The average Bonchev–Trinajstić information content (AvgIpc) is 2.35. The summed E-state index contributed by atoms with van der Waals surface area (Å²) in [5.74, 6) is -1.34. The van der Waals surface area contributed by atoms with Crippen LogP contribution >= 0.6 is 0 Å². The normalized spacial score (nSPS) is 22.2. The molecule has 2 atom stereocenters. The van der Waals surface area contributed by atoms with Gasteiger partial charge in [-0.1, -0.05) is 0 Å². The molecule has 0 saturated carbocycles. The number of hydrogen-bond acceptors (Lipinski definition) is 4. The lowest BCUT2D eigenvalue weighted by Crippen LogP contribution is -2.44. The van der Waals surface area contributed by atoms with Crippen molar-refractivity contribution < 1.29 is 19.4 Å². The van der Waals surface area contributed by atoms with Crippen molar-refractivity contribution in [3.8, 4) is 0 Å². The first-order valence-corrected chi connectivity index (χ1v) is 5.82. The summed E-state index contributed by atoms with van der Waals surface area (Å²) in [6.45, 7) is 1.22. The number of hydrogen-bond donors (Lipinski definition) is 2. The van der Waals surface area contributed by atoms with Gasteiger partial charge in [-0.25, -0.2) is 0 Å². The monoisotopic (exact) mass is 244 g/mol. The summed E-state index contributed by atoms with van der Waals surface area (Å²) >= 11 is 0. The van der Waals surface area contributed by atoms with Gasteiger partial charge < -0.3 is 20.5 Å². The molecule has 1 rings (SSSR count). The summed E-state index contributed by atoms with van der Waals surface area (Å²) in [6, 6.07) is 0. The number of aliphatic carboxylic acids is 1. The van der Waals surface area contributed by atoms with E-state index >= 15 is 0 Å². The van der Waals surface area contributed by atoms with Crippen molar-refractivity contribution in [3.05, 3.63) is 0 Å². The van der Waals surface area contributed by atoms with E-state index in [1.54, 1.807) is 4.90 Å². The highest BCUT2D eigenvalue weighted by Gasteiger charge is 2.28. The Labute approximate surface area is 101 Å². The molecule has 0 spiro atoms. The van der Waals surface area contributed by atoms with E-state index in [0.717, 1.165) is 6.42 Å². The number of carboxylic acid groups (broad SMARTS) is 1. The number of methoxy groups -OCH3 is 1. The summed E-state index contributed by atoms with van der Waals surface area (Å²) in [5.41, 5.74) is 5.45. The molecule has 1 heterocycles. The molecule has 1 saturated heterocycles. The first kappa shape index (κ1) is 13.9. The van der Waals surface area contributed by atoms with E-state index in [1.807, 2.05) is 0 Å². The van der Waals surface area contributed by atoms with Crippen LogP contribution in [0.4, 0.5) is 0 Å². The van der Waals surface area contributed by atoms with E-state index in [0.29, 0.717) is 26.1 Å². The number of carboxylic acids is 1. The van der Waals surface area contributed by atoms with E-state index in [9.17, 15) is 9.59 Å². The van der Waals surface area contributed by atoms with E-state index in [1.165, 1.54) is 7.11 Å². The van der Waals surface area contributed by atoms with Crippen LogP contribution in [0.3, 0.4) is 0 Å². The standard InChI is InChI=1S/C11H20N2O4/c1-17-9(6-12)5-10(14)13-4-2-3-8(7-13)11(15)16/h8-9H,2-7,12H2,1H3,(H,15,16)/t8-,9?/m1/s1. The Morgan fingerprint density at radius 2 is 2.29 bits per heavy atom. The minimum Gasteiger partial charge on any atom is -0.481 e. The van der Waals surface area contributed by atoms with Gasteiger partial charge in [-0.2, -0.15) is 0 Å². The van der Waals surface area contributed by atoms with Gasteiger partial charge in [0, 0.05) is 26.7 Å². The van der Waals surface area contributed by atoms with Crippen molar-refractivity contribution in [3.63, 3.8) is 0 Å². The molecule has 3 N–H and O–H groups in total. The summed E-state index contributed by atoms with van der Waals surface area (Å²) in [6.07, 6.45) is 1.32. The number of likely N-dealkylation sites (tertiary alicyclic amines) is 1. The van der Waals surface area contributed by atoms with Gasteiger partial charge in [0.25, 0.3) is 0 Å². The van der Waals surface area contributed by atoms with Gasteiger partial charge in [-0.05, 0) is 12.8 Å². The largest absolute Gasteiger partial charge is 0.481 e. The fourth-order valence-corrected chi connectivity index (χ4v) is 1.99. The highest BCUT2D eigenvalue weighted by atomic mass is 16.5. The van der Waals surface area contributed by atoms with Crippen molar-refractivity contribution in [2.75, 3.05) is 26.7 Å². The SMILES string of the molecule is COC(CN)CC(=O)N1CCC[C@@H](C(=O)O)C1. The van der Waals surface area contributed by atoms with Crippen LogP contribution < -0.4 is 5.73 Å². The molecule has 1 aliphatic rings. The van der Waals surface area contributed by atoms with Crippen molar-refractivity contribution in [2.45, 2.75) is 25.4 Å². The second-order valence-corrected chi connectivity index (χ2v) is 4.31. The minimum atomic E-state index is -0.829. The Kier molecular flexibility index (Phi) is 5.37. The quantitative estimate of drug-likeness (QED) is 0.691. The van der Waals surface area contributed by atoms with Crippen molar-refractivity contribution in [1.82, 2.24) is 4.90 Å². The molecule has 0 aliphatic carbocycles. The van der Waals surface area contributed by atoms with Crippen molar-refractivity contribution >= 4 is 11.9 Å². The summed E-state index contributed by atoms with van der Waals surface area (Å²) in [7, 11) is 1.51. The maximum absolute atomic E-state index is 11.9. The minimum absolute atomic E-state index is 0.0757. The number of amides is 1. The fraction of sp³-hybridized carbons (Fsp3) is 0.818. The number of rotatable bonds is 5. The van der Waals surface area contributed by atoms with Gasteiger partial charge in [0.05, 0.1) is 18.4 Å².